The lowest BCUT2D eigenvalue weighted by Crippen LogP contribution is -2.40. The van der Waals surface area contributed by atoms with Crippen LogP contribution in [0.4, 0.5) is 6.01 Å². The molecule has 18 heavy (non-hydrogen) atoms. The summed E-state index contributed by atoms with van der Waals surface area (Å²) in [6.07, 6.45) is 0. The number of carbonyl (C=O) groups excluding carboxylic acids is 1. The molecule has 0 unspecified atom stereocenters. The van der Waals surface area contributed by atoms with Crippen molar-refractivity contribution in [3.63, 3.8) is 0 Å². The minimum atomic E-state index is -0.186. The zero-order chi connectivity index (χ0) is 13.8. The fourth-order valence-corrected chi connectivity index (χ4v) is 1.60. The van der Waals surface area contributed by atoms with Crippen molar-refractivity contribution in [2.24, 2.45) is 11.1 Å². The summed E-state index contributed by atoms with van der Waals surface area (Å²) in [4.78, 5) is 13.6. The van der Waals surface area contributed by atoms with Gasteiger partial charge in [0.15, 0.2) is 0 Å². The summed E-state index contributed by atoms with van der Waals surface area (Å²) in [5.74, 6) is 0.233. The van der Waals surface area contributed by atoms with Gasteiger partial charge in [0.25, 0.3) is 0 Å². The number of rotatable bonds is 6. The molecule has 1 aromatic rings. The van der Waals surface area contributed by atoms with E-state index in [4.69, 9.17) is 10.2 Å². The highest BCUT2D eigenvalue weighted by Crippen LogP contribution is 2.13. The molecule has 1 amide bonds. The molecule has 0 saturated carbocycles. The Bertz CT molecular complexity index is 402. The maximum Gasteiger partial charge on any atom is 0.322 e. The fourth-order valence-electron chi connectivity index (χ4n) is 1.60. The monoisotopic (exact) mass is 255 g/mol. The lowest BCUT2D eigenvalue weighted by molar-refractivity contribution is -0.117. The van der Waals surface area contributed by atoms with E-state index in [-0.39, 0.29) is 23.9 Å². The summed E-state index contributed by atoms with van der Waals surface area (Å²) in [5, 5.41) is 9.87. The second-order valence-electron chi connectivity index (χ2n) is 5.22. The summed E-state index contributed by atoms with van der Waals surface area (Å²) >= 11 is 0. The minimum absolute atomic E-state index is 0.0178. The number of anilines is 1. The minimum Gasteiger partial charge on any atom is -0.408 e. The highest BCUT2D eigenvalue weighted by molar-refractivity contribution is 5.90. The Morgan fingerprint density at radius 2 is 2.17 bits per heavy atom. The van der Waals surface area contributed by atoms with E-state index < -0.39 is 0 Å². The third kappa shape index (κ3) is 4.80. The van der Waals surface area contributed by atoms with Crippen molar-refractivity contribution in [3.05, 3.63) is 5.89 Å². The first kappa shape index (κ1) is 14.6. The third-order valence-corrected chi connectivity index (χ3v) is 2.44. The van der Waals surface area contributed by atoms with Crippen molar-refractivity contribution in [3.8, 4) is 0 Å². The number of likely N-dealkylation sites (N-methyl/N-ethyl adjacent to an activating group) is 1. The van der Waals surface area contributed by atoms with E-state index in [2.05, 4.69) is 29.4 Å². The number of nitrogens with zero attached hydrogens (tertiary/aromatic N) is 3. The Balaban J connectivity index is 2.40. The fraction of sp³-hybridized carbons (Fsp3) is 0.727. The largest absolute Gasteiger partial charge is 0.408 e. The van der Waals surface area contributed by atoms with Crippen molar-refractivity contribution < 1.29 is 9.21 Å². The number of hydrogen-bond donors (Lipinski definition) is 2. The molecular formula is C11H21N5O2. The first-order valence-corrected chi connectivity index (χ1v) is 5.81. The third-order valence-electron chi connectivity index (χ3n) is 2.44. The van der Waals surface area contributed by atoms with Crippen LogP contribution in [-0.2, 0) is 4.79 Å². The van der Waals surface area contributed by atoms with Crippen LogP contribution in [0.3, 0.4) is 0 Å². The first-order chi connectivity index (χ1) is 8.32. The first-order valence-electron chi connectivity index (χ1n) is 5.81. The standard InChI is InChI=1S/C11H21N5O2/c1-8-14-15-10(18-8)13-9(17)5-16(4)7-11(2,3)6-12/h5-7,12H2,1-4H3,(H,13,15,17). The van der Waals surface area contributed by atoms with Crippen LogP contribution in [0.2, 0.25) is 0 Å². The quantitative estimate of drug-likeness (QED) is 0.755. The zero-order valence-corrected chi connectivity index (χ0v) is 11.4. The van der Waals surface area contributed by atoms with Gasteiger partial charge in [-0.3, -0.25) is 15.0 Å². The van der Waals surface area contributed by atoms with Crippen molar-refractivity contribution in [1.82, 2.24) is 15.1 Å². The topological polar surface area (TPSA) is 97.3 Å². The highest BCUT2D eigenvalue weighted by Gasteiger charge is 2.19. The van der Waals surface area contributed by atoms with E-state index in [9.17, 15) is 4.79 Å². The molecule has 3 N–H and O–H groups in total. The number of amides is 1. The molecule has 1 rings (SSSR count). The summed E-state index contributed by atoms with van der Waals surface area (Å²) in [5.41, 5.74) is 5.63. The Morgan fingerprint density at radius 1 is 1.50 bits per heavy atom. The van der Waals surface area contributed by atoms with Crippen LogP contribution in [0.1, 0.15) is 19.7 Å². The van der Waals surface area contributed by atoms with Gasteiger partial charge < -0.3 is 10.2 Å². The Hall–Kier alpha value is -1.47. The molecule has 0 aliphatic heterocycles. The van der Waals surface area contributed by atoms with Gasteiger partial charge >= 0.3 is 6.01 Å². The van der Waals surface area contributed by atoms with Gasteiger partial charge in [-0.15, -0.1) is 5.10 Å². The van der Waals surface area contributed by atoms with Crippen LogP contribution in [0, 0.1) is 12.3 Å². The molecular weight excluding hydrogens is 234 g/mol. The van der Waals surface area contributed by atoms with E-state index in [0.717, 1.165) is 6.54 Å². The maximum atomic E-state index is 11.7. The van der Waals surface area contributed by atoms with Crippen LogP contribution in [0.15, 0.2) is 4.42 Å². The molecule has 0 aliphatic carbocycles. The average Bonchev–Trinajstić information content (AvgIpc) is 2.62. The van der Waals surface area contributed by atoms with Crippen molar-refractivity contribution >= 4 is 11.9 Å². The maximum absolute atomic E-state index is 11.7. The van der Waals surface area contributed by atoms with Crippen LogP contribution in [-0.4, -0.2) is 47.7 Å². The predicted octanol–water partition coefficient (Wildman–Crippen LogP) is 0.233. The van der Waals surface area contributed by atoms with Crippen LogP contribution in [0.5, 0.6) is 0 Å². The molecule has 102 valence electrons. The number of aromatic nitrogens is 2. The summed E-state index contributed by atoms with van der Waals surface area (Å²) in [6.45, 7) is 7.34. The van der Waals surface area contributed by atoms with Gasteiger partial charge in [-0.25, -0.2) is 0 Å². The number of carbonyl (C=O) groups is 1. The predicted molar refractivity (Wildman–Crippen MR) is 68.0 cm³/mol. The molecule has 0 radical (unpaired) electrons. The van der Waals surface area contributed by atoms with Gasteiger partial charge in [0, 0.05) is 13.5 Å². The van der Waals surface area contributed by atoms with Crippen LogP contribution >= 0.6 is 0 Å². The van der Waals surface area contributed by atoms with E-state index >= 15 is 0 Å². The summed E-state index contributed by atoms with van der Waals surface area (Å²) < 4.78 is 5.07. The molecule has 7 nitrogen and oxygen atoms in total. The van der Waals surface area contributed by atoms with Gasteiger partial charge in [-0.05, 0) is 19.0 Å². The van der Waals surface area contributed by atoms with Gasteiger partial charge in [0.2, 0.25) is 11.8 Å². The van der Waals surface area contributed by atoms with E-state index in [1.807, 2.05) is 11.9 Å². The van der Waals surface area contributed by atoms with Gasteiger partial charge in [0.1, 0.15) is 0 Å². The highest BCUT2D eigenvalue weighted by atomic mass is 16.4. The second kappa shape index (κ2) is 5.92. The van der Waals surface area contributed by atoms with E-state index in [0.29, 0.717) is 12.4 Å². The summed E-state index contributed by atoms with van der Waals surface area (Å²) in [6, 6.07) is 0.129. The average molecular weight is 255 g/mol. The van der Waals surface area contributed by atoms with Crippen LogP contribution in [0.25, 0.3) is 0 Å². The Kier molecular flexibility index (Phi) is 4.80. The van der Waals surface area contributed by atoms with Crippen molar-refractivity contribution in [2.45, 2.75) is 20.8 Å². The number of aryl methyl sites for hydroxylation is 1. The molecule has 0 atom stereocenters. The zero-order valence-electron chi connectivity index (χ0n) is 11.4. The van der Waals surface area contributed by atoms with Crippen LogP contribution < -0.4 is 11.1 Å². The molecule has 0 aromatic carbocycles. The Labute approximate surface area is 107 Å². The molecule has 1 aromatic heterocycles. The Morgan fingerprint density at radius 3 is 2.67 bits per heavy atom. The van der Waals surface area contributed by atoms with Crippen molar-refractivity contribution in [1.29, 1.82) is 0 Å². The lowest BCUT2D eigenvalue weighted by Gasteiger charge is -2.28. The van der Waals surface area contributed by atoms with Gasteiger partial charge in [-0.1, -0.05) is 18.9 Å². The SMILES string of the molecule is Cc1nnc(NC(=O)CN(C)CC(C)(C)CN)o1. The smallest absolute Gasteiger partial charge is 0.322 e. The van der Waals surface area contributed by atoms with E-state index in [1.165, 1.54) is 0 Å². The molecule has 0 saturated heterocycles. The molecule has 1 heterocycles. The number of hydrogen-bond acceptors (Lipinski definition) is 6. The van der Waals surface area contributed by atoms with Crippen molar-refractivity contribution in [2.75, 3.05) is 32.0 Å². The number of nitrogens with two attached hydrogens (primary N) is 1. The second-order valence-corrected chi connectivity index (χ2v) is 5.22. The number of nitrogens with one attached hydrogen (secondary N) is 1. The van der Waals surface area contributed by atoms with Gasteiger partial charge in [0.05, 0.1) is 6.54 Å². The lowest BCUT2D eigenvalue weighted by atomic mass is 9.93. The molecule has 0 spiro atoms. The molecule has 0 bridgehead atoms. The molecule has 0 aliphatic rings. The van der Waals surface area contributed by atoms with Gasteiger partial charge in [-0.2, -0.15) is 0 Å². The normalized spacial score (nSPS) is 11.9. The summed E-state index contributed by atoms with van der Waals surface area (Å²) in [7, 11) is 1.87. The molecule has 0 fully saturated rings. The van der Waals surface area contributed by atoms with E-state index in [1.54, 1.807) is 6.92 Å². The molecule has 7 heteroatoms.